The van der Waals surface area contributed by atoms with Crippen molar-refractivity contribution in [2.45, 2.75) is 31.1 Å². The molecule has 1 fully saturated rings. The van der Waals surface area contributed by atoms with Crippen LogP contribution in [0.3, 0.4) is 0 Å². The maximum atomic E-state index is 12.6. The molecule has 21 heavy (non-hydrogen) atoms. The minimum Gasteiger partial charge on any atom is -0.359 e. The Morgan fingerprint density at radius 2 is 2.05 bits per heavy atom. The van der Waals surface area contributed by atoms with Crippen molar-refractivity contribution in [3.8, 4) is 0 Å². The Labute approximate surface area is 125 Å². The molecule has 8 heteroatoms. The van der Waals surface area contributed by atoms with Gasteiger partial charge in [-0.2, -0.15) is 9.40 Å². The van der Waals surface area contributed by atoms with Crippen LogP contribution >= 0.6 is 0 Å². The highest BCUT2D eigenvalue weighted by molar-refractivity contribution is 7.89. The lowest BCUT2D eigenvalue weighted by molar-refractivity contribution is -0.121. The number of nitrogens with one attached hydrogen (secondary N) is 1. The zero-order valence-electron chi connectivity index (χ0n) is 12.7. The van der Waals surface area contributed by atoms with Gasteiger partial charge in [-0.05, 0) is 25.7 Å². The second-order valence-corrected chi connectivity index (χ2v) is 7.38. The number of carbonyl (C=O) groups excluding carboxylic acids is 1. The van der Waals surface area contributed by atoms with Crippen LogP contribution in [-0.4, -0.2) is 48.5 Å². The number of amides is 1. The Morgan fingerprint density at radius 1 is 1.43 bits per heavy atom. The summed E-state index contributed by atoms with van der Waals surface area (Å²) in [6.07, 6.45) is 3.44. The minimum atomic E-state index is -3.48. The van der Waals surface area contributed by atoms with Crippen molar-refractivity contribution in [2.75, 3.05) is 20.1 Å². The van der Waals surface area contributed by atoms with Crippen LogP contribution < -0.4 is 5.32 Å². The Kier molecular flexibility index (Phi) is 4.67. The third kappa shape index (κ3) is 3.44. The van der Waals surface area contributed by atoms with E-state index in [9.17, 15) is 13.2 Å². The number of rotatable bonds is 4. The average molecular weight is 314 g/mol. The maximum Gasteiger partial charge on any atom is 0.246 e. The van der Waals surface area contributed by atoms with Gasteiger partial charge < -0.3 is 5.32 Å². The average Bonchev–Trinajstić information content (AvgIpc) is 2.79. The molecule has 118 valence electrons. The zero-order valence-corrected chi connectivity index (χ0v) is 13.5. The predicted molar refractivity (Wildman–Crippen MR) is 78.1 cm³/mol. The normalized spacial score (nSPS) is 17.9. The third-order valence-corrected chi connectivity index (χ3v) is 5.91. The lowest BCUT2D eigenvalue weighted by atomic mass is 9.94. The first-order valence-corrected chi connectivity index (χ1v) is 8.49. The summed E-state index contributed by atoms with van der Waals surface area (Å²) in [5.74, 6) is 0.269. The van der Waals surface area contributed by atoms with Crippen LogP contribution in [0.1, 0.15) is 25.0 Å². The first-order chi connectivity index (χ1) is 9.84. The second-order valence-electron chi connectivity index (χ2n) is 5.48. The fourth-order valence-corrected chi connectivity index (χ4v) is 4.36. The molecule has 1 aliphatic heterocycles. The van der Waals surface area contributed by atoms with Crippen molar-refractivity contribution >= 4 is 15.9 Å². The molecule has 1 aromatic rings. The second kappa shape index (κ2) is 6.15. The molecule has 0 aromatic carbocycles. The minimum absolute atomic E-state index is 0.0133. The third-order valence-electron chi connectivity index (χ3n) is 3.91. The standard InChI is InChI=1S/C13H22N4O3S/c1-10-12(9-16(3)15-10)21(19,20)17-6-4-11(5-7-17)8-13(18)14-2/h9,11H,4-8H2,1-3H3,(H,14,18). The van der Waals surface area contributed by atoms with Crippen molar-refractivity contribution < 1.29 is 13.2 Å². The van der Waals surface area contributed by atoms with Crippen molar-refractivity contribution in [2.24, 2.45) is 13.0 Å². The van der Waals surface area contributed by atoms with Crippen LogP contribution in [0.15, 0.2) is 11.1 Å². The molecule has 1 amide bonds. The van der Waals surface area contributed by atoms with E-state index in [-0.39, 0.29) is 16.7 Å². The number of carbonyl (C=O) groups is 1. The predicted octanol–water partition coefficient (Wildman–Crippen LogP) is 0.265. The van der Waals surface area contributed by atoms with Crippen LogP contribution in [0, 0.1) is 12.8 Å². The molecule has 1 saturated heterocycles. The fourth-order valence-electron chi connectivity index (χ4n) is 2.69. The van der Waals surface area contributed by atoms with Gasteiger partial charge in [-0.3, -0.25) is 9.48 Å². The smallest absolute Gasteiger partial charge is 0.246 e. The number of sulfonamides is 1. The van der Waals surface area contributed by atoms with Crippen molar-refractivity contribution in [3.05, 3.63) is 11.9 Å². The quantitative estimate of drug-likeness (QED) is 0.864. The Balaban J connectivity index is 2.04. The monoisotopic (exact) mass is 314 g/mol. The number of aryl methyl sites for hydroxylation is 2. The highest BCUT2D eigenvalue weighted by Crippen LogP contribution is 2.26. The molecule has 0 unspecified atom stereocenters. The number of hydrogen-bond donors (Lipinski definition) is 1. The summed E-state index contributed by atoms with van der Waals surface area (Å²) in [4.78, 5) is 11.6. The lowest BCUT2D eigenvalue weighted by Crippen LogP contribution is -2.39. The largest absolute Gasteiger partial charge is 0.359 e. The van der Waals surface area contributed by atoms with Gasteiger partial charge >= 0.3 is 0 Å². The summed E-state index contributed by atoms with van der Waals surface area (Å²) in [6.45, 7) is 2.61. The SMILES string of the molecule is CNC(=O)CC1CCN(S(=O)(=O)c2cn(C)nc2C)CC1. The summed E-state index contributed by atoms with van der Waals surface area (Å²) in [7, 11) is -0.152. The summed E-state index contributed by atoms with van der Waals surface area (Å²) < 4.78 is 28.2. The molecule has 7 nitrogen and oxygen atoms in total. The molecule has 2 heterocycles. The number of aromatic nitrogens is 2. The van der Waals surface area contributed by atoms with E-state index in [1.807, 2.05) is 0 Å². The highest BCUT2D eigenvalue weighted by Gasteiger charge is 2.32. The highest BCUT2D eigenvalue weighted by atomic mass is 32.2. The Hall–Kier alpha value is -1.41. The van der Waals surface area contributed by atoms with Crippen molar-refractivity contribution in [3.63, 3.8) is 0 Å². The van der Waals surface area contributed by atoms with Crippen LogP contribution in [0.25, 0.3) is 0 Å². The van der Waals surface area contributed by atoms with E-state index < -0.39 is 10.0 Å². The van der Waals surface area contributed by atoms with Crippen LogP contribution in [0.5, 0.6) is 0 Å². The molecule has 0 bridgehead atoms. The van der Waals surface area contributed by atoms with E-state index in [0.29, 0.717) is 38.0 Å². The summed E-state index contributed by atoms with van der Waals surface area (Å²) in [6, 6.07) is 0. The molecule has 0 aliphatic carbocycles. The van der Waals surface area contributed by atoms with Gasteiger partial charge in [-0.25, -0.2) is 8.42 Å². The molecule has 1 N–H and O–H groups in total. The first kappa shape index (κ1) is 16.0. The molecule has 1 aliphatic rings. The van der Waals surface area contributed by atoms with E-state index in [1.54, 1.807) is 27.2 Å². The van der Waals surface area contributed by atoms with E-state index in [4.69, 9.17) is 0 Å². The van der Waals surface area contributed by atoms with Crippen LogP contribution in [0.2, 0.25) is 0 Å². The molecule has 0 radical (unpaired) electrons. The first-order valence-electron chi connectivity index (χ1n) is 7.05. The molecular weight excluding hydrogens is 292 g/mol. The van der Waals surface area contributed by atoms with Crippen molar-refractivity contribution in [1.29, 1.82) is 0 Å². The molecular formula is C13H22N4O3S. The van der Waals surface area contributed by atoms with E-state index in [0.717, 1.165) is 0 Å². The molecule has 0 atom stereocenters. The number of piperidine rings is 1. The molecule has 2 rings (SSSR count). The molecule has 0 saturated carbocycles. The van der Waals surface area contributed by atoms with Gasteiger partial charge in [0.2, 0.25) is 15.9 Å². The van der Waals surface area contributed by atoms with Gasteiger partial charge in [-0.15, -0.1) is 0 Å². The maximum absolute atomic E-state index is 12.6. The number of nitrogens with zero attached hydrogens (tertiary/aromatic N) is 3. The van der Waals surface area contributed by atoms with E-state index in [1.165, 1.54) is 8.99 Å². The Morgan fingerprint density at radius 3 is 2.52 bits per heavy atom. The molecule has 1 aromatic heterocycles. The van der Waals surface area contributed by atoms with Gasteiger partial charge in [0.25, 0.3) is 0 Å². The fraction of sp³-hybridized carbons (Fsp3) is 0.692. The van der Waals surface area contributed by atoms with Gasteiger partial charge in [0.1, 0.15) is 4.90 Å². The van der Waals surface area contributed by atoms with Gasteiger partial charge in [-0.1, -0.05) is 0 Å². The summed E-state index contributed by atoms with van der Waals surface area (Å²) in [5.41, 5.74) is 0.519. The van der Waals surface area contributed by atoms with E-state index >= 15 is 0 Å². The van der Waals surface area contributed by atoms with Crippen LogP contribution in [0.4, 0.5) is 0 Å². The summed E-state index contributed by atoms with van der Waals surface area (Å²) in [5, 5.41) is 6.70. The van der Waals surface area contributed by atoms with Gasteiger partial charge in [0.15, 0.2) is 0 Å². The van der Waals surface area contributed by atoms with Crippen molar-refractivity contribution in [1.82, 2.24) is 19.4 Å². The van der Waals surface area contributed by atoms with Crippen LogP contribution in [-0.2, 0) is 21.9 Å². The summed E-state index contributed by atoms with van der Waals surface area (Å²) >= 11 is 0. The molecule has 0 spiro atoms. The van der Waals surface area contributed by atoms with E-state index in [2.05, 4.69) is 10.4 Å². The number of hydrogen-bond acceptors (Lipinski definition) is 4. The Bertz CT molecular complexity index is 615. The topological polar surface area (TPSA) is 84.3 Å². The zero-order chi connectivity index (χ0) is 15.6. The van der Waals surface area contributed by atoms with Gasteiger partial charge in [0.05, 0.1) is 5.69 Å². The lowest BCUT2D eigenvalue weighted by Gasteiger charge is -2.30. The van der Waals surface area contributed by atoms with Gasteiger partial charge in [0, 0.05) is 39.8 Å².